The number of rotatable bonds is 5. The van der Waals surface area contributed by atoms with Crippen LogP contribution in [-0.2, 0) is 27.8 Å². The predicted molar refractivity (Wildman–Crippen MR) is 144 cm³/mol. The number of hydrogen-bond acceptors (Lipinski definition) is 7. The largest absolute Gasteiger partial charge is 0.493 e. The maximum absolute atomic E-state index is 13.8. The Bertz CT molecular complexity index is 1670. The molecule has 1 aromatic carbocycles. The molecule has 0 aliphatic carbocycles. The number of fused-ring (bicyclic) bond motifs is 3. The number of ether oxygens (including phenoxy) is 2. The van der Waals surface area contributed by atoms with Crippen LogP contribution in [0, 0.1) is 5.82 Å². The van der Waals surface area contributed by atoms with Gasteiger partial charge in [0, 0.05) is 26.3 Å². The number of anilines is 1. The number of likely N-dealkylation sites (N-methyl/N-ethyl adjacent to an activating group) is 1. The minimum Gasteiger partial charge on any atom is -0.493 e. The summed E-state index contributed by atoms with van der Waals surface area (Å²) < 4.78 is 53.9. The van der Waals surface area contributed by atoms with Crippen molar-refractivity contribution in [1.29, 1.82) is 0 Å². The molecule has 0 bridgehead atoms. The van der Waals surface area contributed by atoms with Gasteiger partial charge in [-0.1, -0.05) is 17.7 Å². The van der Waals surface area contributed by atoms with Gasteiger partial charge in [0.2, 0.25) is 10.0 Å². The summed E-state index contributed by atoms with van der Waals surface area (Å²) >= 11 is 5.93. The van der Waals surface area contributed by atoms with E-state index in [2.05, 4.69) is 0 Å². The van der Waals surface area contributed by atoms with Gasteiger partial charge in [-0.3, -0.25) is 9.59 Å². The number of sulfonamides is 1. The SMILES string of the molecule is COc1c2n(c3c(N(C(=O)OC(C)(C)C)S(C)(=O)=O)cn(Cc4ccc(F)c(Cl)c4)c(=O)c13)CCN(C)C2=O. The van der Waals surface area contributed by atoms with Crippen molar-refractivity contribution in [2.75, 3.05) is 31.3 Å². The highest BCUT2D eigenvalue weighted by Crippen LogP contribution is 2.39. The van der Waals surface area contributed by atoms with Crippen molar-refractivity contribution in [2.45, 2.75) is 39.5 Å². The molecule has 0 saturated heterocycles. The van der Waals surface area contributed by atoms with Gasteiger partial charge in [0.15, 0.2) is 11.4 Å². The molecule has 4 rings (SSSR count). The second-order valence-corrected chi connectivity index (χ2v) is 12.4. The maximum atomic E-state index is 13.8. The maximum Gasteiger partial charge on any atom is 0.429 e. The third-order valence-electron chi connectivity index (χ3n) is 6.07. The van der Waals surface area contributed by atoms with Crippen molar-refractivity contribution in [3.63, 3.8) is 0 Å². The quantitative estimate of drug-likeness (QED) is 0.452. The zero-order valence-corrected chi connectivity index (χ0v) is 23.8. The van der Waals surface area contributed by atoms with Gasteiger partial charge < -0.3 is 23.5 Å². The van der Waals surface area contributed by atoms with Crippen LogP contribution in [0.4, 0.5) is 14.9 Å². The first-order chi connectivity index (χ1) is 18.0. The Morgan fingerprint density at radius 1 is 1.21 bits per heavy atom. The zero-order valence-electron chi connectivity index (χ0n) is 22.2. The van der Waals surface area contributed by atoms with Crippen molar-refractivity contribution in [3.8, 4) is 5.75 Å². The molecule has 0 N–H and O–H groups in total. The van der Waals surface area contributed by atoms with Crippen molar-refractivity contribution >= 4 is 50.2 Å². The summed E-state index contributed by atoms with van der Waals surface area (Å²) in [6.07, 6.45) is 0.825. The lowest BCUT2D eigenvalue weighted by Crippen LogP contribution is -2.42. The van der Waals surface area contributed by atoms with Crippen LogP contribution < -0.4 is 14.6 Å². The summed E-state index contributed by atoms with van der Waals surface area (Å²) in [4.78, 5) is 41.8. The molecule has 210 valence electrons. The summed E-state index contributed by atoms with van der Waals surface area (Å²) in [6.45, 7) is 5.05. The molecule has 0 unspecified atom stereocenters. The van der Waals surface area contributed by atoms with E-state index in [1.807, 2.05) is 0 Å². The number of methoxy groups -OCH3 is 1. The molecule has 0 atom stereocenters. The fourth-order valence-electron chi connectivity index (χ4n) is 4.45. The summed E-state index contributed by atoms with van der Waals surface area (Å²) in [7, 11) is -1.45. The number of carbonyl (C=O) groups excluding carboxylic acids is 2. The molecular weight excluding hydrogens is 555 g/mol. The van der Waals surface area contributed by atoms with E-state index in [1.165, 1.54) is 34.9 Å². The molecule has 0 fully saturated rings. The molecule has 3 heterocycles. The number of nitrogens with zero attached hydrogens (tertiary/aromatic N) is 4. The number of halogens is 2. The van der Waals surface area contributed by atoms with E-state index in [4.69, 9.17) is 21.1 Å². The van der Waals surface area contributed by atoms with Crippen molar-refractivity contribution in [2.24, 2.45) is 0 Å². The molecule has 3 aromatic rings. The lowest BCUT2D eigenvalue weighted by molar-refractivity contribution is 0.0609. The van der Waals surface area contributed by atoms with Crippen LogP contribution >= 0.6 is 11.6 Å². The van der Waals surface area contributed by atoms with Crippen molar-refractivity contribution in [3.05, 3.63) is 56.8 Å². The second kappa shape index (κ2) is 9.87. The Balaban J connectivity index is 2.11. The molecule has 39 heavy (non-hydrogen) atoms. The first kappa shape index (κ1) is 28.4. The van der Waals surface area contributed by atoms with E-state index < -0.39 is 39.0 Å². The Hall–Kier alpha value is -3.58. The lowest BCUT2D eigenvalue weighted by Gasteiger charge is -2.28. The van der Waals surface area contributed by atoms with Crippen LogP contribution in [0.3, 0.4) is 0 Å². The Labute approximate surface area is 229 Å². The van der Waals surface area contributed by atoms with Crippen LogP contribution in [0.2, 0.25) is 5.02 Å². The van der Waals surface area contributed by atoms with E-state index in [0.717, 1.165) is 16.9 Å². The van der Waals surface area contributed by atoms with Gasteiger partial charge >= 0.3 is 6.09 Å². The molecule has 1 aliphatic heterocycles. The van der Waals surface area contributed by atoms with Crippen LogP contribution in [0.25, 0.3) is 10.9 Å². The van der Waals surface area contributed by atoms with E-state index in [9.17, 15) is 27.2 Å². The number of benzene rings is 1. The van der Waals surface area contributed by atoms with Gasteiger partial charge in [-0.2, -0.15) is 4.31 Å². The fourth-order valence-corrected chi connectivity index (χ4v) is 5.46. The van der Waals surface area contributed by atoms with E-state index in [-0.39, 0.29) is 52.7 Å². The summed E-state index contributed by atoms with van der Waals surface area (Å²) in [5.74, 6) is -1.15. The molecule has 14 heteroatoms. The van der Waals surface area contributed by atoms with Gasteiger partial charge in [0.1, 0.15) is 22.5 Å². The van der Waals surface area contributed by atoms with Crippen LogP contribution in [0.1, 0.15) is 36.8 Å². The van der Waals surface area contributed by atoms with Gasteiger partial charge in [-0.15, -0.1) is 0 Å². The van der Waals surface area contributed by atoms with Crippen molar-refractivity contribution < 1.29 is 31.9 Å². The second-order valence-electron chi connectivity index (χ2n) is 10.2. The highest BCUT2D eigenvalue weighted by atomic mass is 35.5. The third kappa shape index (κ3) is 5.20. The molecule has 1 aliphatic rings. The molecule has 2 amide bonds. The lowest BCUT2D eigenvalue weighted by atomic mass is 10.2. The van der Waals surface area contributed by atoms with Gasteiger partial charge in [0.05, 0.1) is 30.4 Å². The summed E-state index contributed by atoms with van der Waals surface area (Å²) in [6, 6.07) is 3.88. The Kier molecular flexibility index (Phi) is 7.19. The number of amides is 2. The Morgan fingerprint density at radius 2 is 1.87 bits per heavy atom. The third-order valence-corrected chi connectivity index (χ3v) is 7.37. The van der Waals surface area contributed by atoms with Gasteiger partial charge in [-0.05, 0) is 38.5 Å². The molecular formula is C25H28ClFN4O7S. The highest BCUT2D eigenvalue weighted by molar-refractivity contribution is 7.92. The first-order valence-electron chi connectivity index (χ1n) is 11.8. The number of pyridine rings is 1. The molecule has 11 nitrogen and oxygen atoms in total. The minimum absolute atomic E-state index is 0.0259. The summed E-state index contributed by atoms with van der Waals surface area (Å²) in [5.41, 5.74) is -1.39. The van der Waals surface area contributed by atoms with Crippen LogP contribution in [0.5, 0.6) is 5.75 Å². The summed E-state index contributed by atoms with van der Waals surface area (Å²) in [5, 5.41) is -0.266. The smallest absolute Gasteiger partial charge is 0.429 e. The van der Waals surface area contributed by atoms with Crippen LogP contribution in [0.15, 0.2) is 29.2 Å². The fraction of sp³-hybridized carbons (Fsp3) is 0.400. The van der Waals surface area contributed by atoms with Gasteiger partial charge in [0.25, 0.3) is 11.5 Å². The minimum atomic E-state index is -4.32. The molecule has 0 radical (unpaired) electrons. The average molecular weight is 583 g/mol. The monoisotopic (exact) mass is 582 g/mol. The van der Waals surface area contributed by atoms with Crippen molar-refractivity contribution in [1.82, 2.24) is 14.0 Å². The zero-order chi connectivity index (χ0) is 29.0. The number of aromatic nitrogens is 2. The highest BCUT2D eigenvalue weighted by Gasteiger charge is 2.38. The van der Waals surface area contributed by atoms with E-state index in [1.54, 1.807) is 27.8 Å². The molecule has 0 spiro atoms. The Morgan fingerprint density at radius 3 is 2.44 bits per heavy atom. The van der Waals surface area contributed by atoms with E-state index in [0.29, 0.717) is 9.87 Å². The molecule has 2 aromatic heterocycles. The predicted octanol–water partition coefficient (Wildman–Crippen LogP) is 3.44. The van der Waals surface area contributed by atoms with Gasteiger partial charge in [-0.25, -0.2) is 17.6 Å². The topological polar surface area (TPSA) is 120 Å². The first-order valence-corrected chi connectivity index (χ1v) is 14.0. The van der Waals surface area contributed by atoms with Crippen LogP contribution in [-0.4, -0.2) is 67.0 Å². The average Bonchev–Trinajstić information content (AvgIpc) is 3.15. The number of carbonyl (C=O) groups is 2. The molecule has 0 saturated carbocycles. The normalized spacial score (nSPS) is 13.9. The number of hydrogen-bond donors (Lipinski definition) is 0. The van der Waals surface area contributed by atoms with E-state index >= 15 is 0 Å². The standard InChI is InChI=1S/C25H28ClFN4O7S/c1-25(2,3)38-24(34)31(39(6,35)36)17-13-29(12-14-7-8-16(27)15(26)11-14)22(32)18-19(17)30-10-9-28(4)23(33)20(30)21(18)37-5/h7-8,11,13H,9-10,12H2,1-6H3.